The fourth-order valence-electron chi connectivity index (χ4n) is 2.31. The van der Waals surface area contributed by atoms with Crippen LogP contribution in [-0.4, -0.2) is 23.9 Å². The van der Waals surface area contributed by atoms with Crippen LogP contribution in [0.5, 0.6) is 11.5 Å². The first-order chi connectivity index (χ1) is 13.2. The minimum Gasteiger partial charge on any atom is -0.493 e. The Labute approximate surface area is 165 Å². The van der Waals surface area contributed by atoms with Gasteiger partial charge in [-0.25, -0.2) is 0 Å². The van der Waals surface area contributed by atoms with Crippen molar-refractivity contribution in [2.24, 2.45) is 0 Å². The van der Waals surface area contributed by atoms with E-state index in [4.69, 9.17) is 25.6 Å². The number of nitrogens with zero attached hydrogens (tertiary/aromatic N) is 3. The first kappa shape index (κ1) is 19.0. The van der Waals surface area contributed by atoms with Crippen LogP contribution in [0.25, 0.3) is 22.4 Å². The minimum atomic E-state index is 0.141. The highest BCUT2D eigenvalue weighted by Crippen LogP contribution is 2.37. The molecular formula is C19H16ClN3O3S. The zero-order valence-corrected chi connectivity index (χ0v) is 16.3. The third-order valence-corrected chi connectivity index (χ3v) is 4.68. The summed E-state index contributed by atoms with van der Waals surface area (Å²) < 4.78 is 16.3. The highest BCUT2D eigenvalue weighted by atomic mass is 35.5. The second-order valence-electron chi connectivity index (χ2n) is 5.45. The van der Waals surface area contributed by atoms with Gasteiger partial charge in [0, 0.05) is 0 Å². The molecule has 0 bridgehead atoms. The second-order valence-corrected chi connectivity index (χ2v) is 6.81. The van der Waals surface area contributed by atoms with Gasteiger partial charge in [0.1, 0.15) is 11.6 Å². The average Bonchev–Trinajstić information content (AvgIpc) is 3.36. The summed E-state index contributed by atoms with van der Waals surface area (Å²) in [6, 6.07) is 9.30. The normalized spacial score (nSPS) is 11.3. The van der Waals surface area contributed by atoms with E-state index < -0.39 is 0 Å². The summed E-state index contributed by atoms with van der Waals surface area (Å²) in [5, 5.41) is 15.8. The van der Waals surface area contributed by atoms with Gasteiger partial charge < -0.3 is 14.0 Å². The van der Waals surface area contributed by atoms with Gasteiger partial charge in [-0.1, -0.05) is 29.7 Å². The summed E-state index contributed by atoms with van der Waals surface area (Å²) in [6.45, 7) is 2.54. The lowest BCUT2D eigenvalue weighted by atomic mass is 10.1. The molecule has 0 unspecified atom stereocenters. The van der Waals surface area contributed by atoms with E-state index in [2.05, 4.69) is 16.2 Å². The Kier molecular flexibility index (Phi) is 6.12. The predicted molar refractivity (Wildman–Crippen MR) is 105 cm³/mol. The summed E-state index contributed by atoms with van der Waals surface area (Å²) in [7, 11) is 1.54. The van der Waals surface area contributed by atoms with E-state index in [0.717, 1.165) is 11.3 Å². The maximum atomic E-state index is 9.51. The van der Waals surface area contributed by atoms with E-state index in [-0.39, 0.29) is 11.5 Å². The monoisotopic (exact) mass is 401 g/mol. The lowest BCUT2D eigenvalue weighted by Gasteiger charge is -2.12. The first-order valence-corrected chi connectivity index (χ1v) is 9.42. The first-order valence-electron chi connectivity index (χ1n) is 8.16. The molecule has 0 aliphatic heterocycles. The number of halogens is 1. The Bertz CT molecular complexity index is 990. The van der Waals surface area contributed by atoms with Crippen LogP contribution in [0, 0.1) is 11.3 Å². The van der Waals surface area contributed by atoms with Crippen LogP contribution < -0.4 is 9.47 Å². The van der Waals surface area contributed by atoms with Crippen LogP contribution in [0.1, 0.15) is 24.8 Å². The molecular weight excluding hydrogens is 386 g/mol. The van der Waals surface area contributed by atoms with E-state index in [9.17, 15) is 5.26 Å². The maximum Gasteiger partial charge on any atom is 0.268 e. The number of benzene rings is 1. The van der Waals surface area contributed by atoms with Crippen molar-refractivity contribution >= 4 is 34.6 Å². The molecule has 0 atom stereocenters. The van der Waals surface area contributed by atoms with E-state index in [1.807, 2.05) is 24.4 Å². The predicted octanol–water partition coefficient (Wildman–Crippen LogP) is 5.31. The number of nitriles is 1. The Morgan fingerprint density at radius 1 is 1.44 bits per heavy atom. The summed E-state index contributed by atoms with van der Waals surface area (Å²) in [6.07, 6.45) is 2.47. The maximum absolute atomic E-state index is 9.51. The van der Waals surface area contributed by atoms with Crippen LogP contribution in [-0.2, 0) is 0 Å². The Balaban J connectivity index is 1.94. The van der Waals surface area contributed by atoms with Gasteiger partial charge in [0.25, 0.3) is 5.89 Å². The lowest BCUT2D eigenvalue weighted by molar-refractivity contribution is 0.294. The van der Waals surface area contributed by atoms with Crippen molar-refractivity contribution in [2.45, 2.75) is 13.3 Å². The molecule has 0 spiro atoms. The molecule has 0 aliphatic carbocycles. The van der Waals surface area contributed by atoms with Gasteiger partial charge in [-0.05, 0) is 41.6 Å². The van der Waals surface area contributed by atoms with Gasteiger partial charge in [0.05, 0.1) is 23.6 Å². The topological polar surface area (TPSA) is 81.2 Å². The van der Waals surface area contributed by atoms with Gasteiger partial charge in [-0.3, -0.25) is 0 Å². The van der Waals surface area contributed by atoms with Gasteiger partial charge in [-0.2, -0.15) is 10.2 Å². The number of hydrogen-bond donors (Lipinski definition) is 0. The third-order valence-electron chi connectivity index (χ3n) is 3.53. The van der Waals surface area contributed by atoms with Gasteiger partial charge in [0.2, 0.25) is 5.82 Å². The molecule has 0 amide bonds. The molecule has 0 fully saturated rings. The smallest absolute Gasteiger partial charge is 0.268 e. The van der Waals surface area contributed by atoms with E-state index in [0.29, 0.717) is 34.5 Å². The molecule has 2 aromatic heterocycles. The number of hydrogen-bond acceptors (Lipinski definition) is 7. The number of allylic oxidation sites excluding steroid dienone is 1. The molecule has 3 rings (SSSR count). The zero-order valence-electron chi connectivity index (χ0n) is 14.7. The molecule has 0 N–H and O–H groups in total. The molecule has 6 nitrogen and oxygen atoms in total. The van der Waals surface area contributed by atoms with Gasteiger partial charge in [-0.15, -0.1) is 11.3 Å². The van der Waals surface area contributed by atoms with Crippen molar-refractivity contribution in [2.75, 3.05) is 13.7 Å². The Morgan fingerprint density at radius 2 is 2.30 bits per heavy atom. The van der Waals surface area contributed by atoms with Gasteiger partial charge >= 0.3 is 0 Å². The van der Waals surface area contributed by atoms with E-state index >= 15 is 0 Å². The summed E-state index contributed by atoms with van der Waals surface area (Å²) >= 11 is 7.82. The summed E-state index contributed by atoms with van der Waals surface area (Å²) in [5.74, 6) is 1.56. The largest absolute Gasteiger partial charge is 0.493 e. The minimum absolute atomic E-state index is 0.141. The molecule has 138 valence electrons. The number of rotatable bonds is 7. The van der Waals surface area contributed by atoms with Crippen LogP contribution in [0.15, 0.2) is 34.2 Å². The Hall–Kier alpha value is -2.82. The summed E-state index contributed by atoms with van der Waals surface area (Å²) in [5.41, 5.74) is 0.888. The highest BCUT2D eigenvalue weighted by molar-refractivity contribution is 7.13. The SMILES string of the molecule is CCCOc1c(Cl)cc(/C=C(\C#N)c2nc(-c3cccs3)no2)cc1OC. The van der Waals surface area contributed by atoms with Crippen molar-refractivity contribution in [3.05, 3.63) is 46.1 Å². The number of methoxy groups -OCH3 is 1. The van der Waals surface area contributed by atoms with Crippen LogP contribution in [0.4, 0.5) is 0 Å². The number of ether oxygens (including phenoxy) is 2. The van der Waals surface area contributed by atoms with Gasteiger partial charge in [0.15, 0.2) is 11.5 Å². The molecule has 0 saturated carbocycles. The molecule has 0 saturated heterocycles. The fourth-order valence-corrected chi connectivity index (χ4v) is 3.24. The number of thiophene rings is 1. The van der Waals surface area contributed by atoms with Crippen molar-refractivity contribution in [1.29, 1.82) is 5.26 Å². The molecule has 8 heteroatoms. The van der Waals surface area contributed by atoms with Crippen LogP contribution in [0.2, 0.25) is 5.02 Å². The molecule has 1 aromatic carbocycles. The second kappa shape index (κ2) is 8.71. The molecule has 0 aliphatic rings. The molecule has 0 radical (unpaired) electrons. The summed E-state index contributed by atoms with van der Waals surface area (Å²) in [4.78, 5) is 5.16. The third kappa shape index (κ3) is 4.30. The fraction of sp³-hybridized carbons (Fsp3) is 0.211. The van der Waals surface area contributed by atoms with E-state index in [1.54, 1.807) is 18.2 Å². The quantitative estimate of drug-likeness (QED) is 0.499. The van der Waals surface area contributed by atoms with Crippen molar-refractivity contribution in [3.63, 3.8) is 0 Å². The van der Waals surface area contributed by atoms with Crippen LogP contribution in [0.3, 0.4) is 0 Å². The average molecular weight is 402 g/mol. The lowest BCUT2D eigenvalue weighted by Crippen LogP contribution is -1.99. The molecule has 2 heterocycles. The standard InChI is InChI=1S/C19H16ClN3O3S/c1-3-6-25-17-14(20)9-12(10-15(17)24-2)8-13(11-21)19-22-18(23-26-19)16-5-4-7-27-16/h4-5,7-10H,3,6H2,1-2H3/b13-8+. The highest BCUT2D eigenvalue weighted by Gasteiger charge is 2.16. The zero-order chi connectivity index (χ0) is 19.2. The Morgan fingerprint density at radius 3 is 2.96 bits per heavy atom. The van der Waals surface area contributed by atoms with Crippen molar-refractivity contribution in [3.8, 4) is 28.3 Å². The molecule has 27 heavy (non-hydrogen) atoms. The van der Waals surface area contributed by atoms with Crippen LogP contribution >= 0.6 is 22.9 Å². The van der Waals surface area contributed by atoms with Crippen molar-refractivity contribution < 1.29 is 14.0 Å². The van der Waals surface area contributed by atoms with Crippen molar-refractivity contribution in [1.82, 2.24) is 10.1 Å². The number of aromatic nitrogens is 2. The van der Waals surface area contributed by atoms with E-state index in [1.165, 1.54) is 18.4 Å². The molecule has 3 aromatic rings.